The van der Waals surface area contributed by atoms with Crippen LogP contribution in [0.5, 0.6) is 0 Å². The van der Waals surface area contributed by atoms with E-state index in [0.29, 0.717) is 12.4 Å². The van der Waals surface area contributed by atoms with Crippen LogP contribution in [-0.4, -0.2) is 17.7 Å². The summed E-state index contributed by atoms with van der Waals surface area (Å²) in [6.45, 7) is 14.8. The highest BCUT2D eigenvalue weighted by atomic mass is 17.2. The molecule has 0 fully saturated rings. The minimum atomic E-state index is -0.689. The Morgan fingerprint density at radius 1 is 0.885 bits per heavy atom. The van der Waals surface area contributed by atoms with Crippen LogP contribution in [0.15, 0.2) is 12.3 Å². The van der Waals surface area contributed by atoms with Gasteiger partial charge >= 0.3 is 5.97 Å². The van der Waals surface area contributed by atoms with Gasteiger partial charge in [-0.25, -0.2) is 0 Å². The van der Waals surface area contributed by atoms with Crippen molar-refractivity contribution in [2.45, 2.75) is 105 Å². The van der Waals surface area contributed by atoms with E-state index in [9.17, 15) is 4.79 Å². The summed E-state index contributed by atoms with van der Waals surface area (Å²) in [6.07, 6.45) is 12.2. The molecule has 0 amide bonds. The van der Waals surface area contributed by atoms with E-state index < -0.39 is 5.97 Å². The van der Waals surface area contributed by atoms with Gasteiger partial charge in [0.25, 0.3) is 0 Å². The van der Waals surface area contributed by atoms with Gasteiger partial charge < -0.3 is 9.99 Å². The smallest absolute Gasteiger partial charge is 0.303 e. The van der Waals surface area contributed by atoms with Crippen molar-refractivity contribution >= 4 is 5.97 Å². The Hall–Kier alpha value is -1.03. The fourth-order valence-electron chi connectivity index (χ4n) is 3.11. The lowest BCUT2D eigenvalue weighted by Gasteiger charge is -2.25. The van der Waals surface area contributed by atoms with E-state index in [-0.39, 0.29) is 17.3 Å². The second kappa shape index (κ2) is 13.2. The maximum atomic E-state index is 10.8. The molecule has 0 heterocycles. The number of unbranched alkanes of at least 4 members (excludes halogenated alkanes) is 7. The van der Waals surface area contributed by atoms with E-state index in [1.165, 1.54) is 44.9 Å². The molecule has 0 spiro atoms. The van der Waals surface area contributed by atoms with Gasteiger partial charge in [-0.3, -0.25) is 4.79 Å². The lowest BCUT2D eigenvalue weighted by molar-refractivity contribution is -0.269. The van der Waals surface area contributed by atoms with Crippen LogP contribution >= 0.6 is 0 Å². The van der Waals surface area contributed by atoms with Crippen molar-refractivity contribution < 1.29 is 19.7 Å². The average molecular weight is 371 g/mol. The number of hydrogen-bond acceptors (Lipinski definition) is 3. The van der Waals surface area contributed by atoms with Gasteiger partial charge in [0.1, 0.15) is 5.76 Å². The van der Waals surface area contributed by atoms with E-state index in [1.807, 2.05) is 6.92 Å². The molecular formula is C22H42O4. The molecule has 1 N–H and O–H groups in total. The van der Waals surface area contributed by atoms with Crippen LogP contribution in [0.2, 0.25) is 0 Å². The van der Waals surface area contributed by atoms with Crippen molar-refractivity contribution in [1.29, 1.82) is 0 Å². The molecule has 0 aliphatic carbocycles. The average Bonchev–Trinajstić information content (AvgIpc) is 2.52. The standard InChI is InChI=1S/C22H42O4/c1-7-25-26-19(2)22(5,6)17-15-13-11-9-8-10-12-14-16-21(3,4)18-20(23)24/h2,7-18H2,1,3-6H3,(H,23,24). The summed E-state index contributed by atoms with van der Waals surface area (Å²) >= 11 is 0. The van der Waals surface area contributed by atoms with Crippen molar-refractivity contribution in [3.63, 3.8) is 0 Å². The van der Waals surface area contributed by atoms with E-state index in [2.05, 4.69) is 34.3 Å². The van der Waals surface area contributed by atoms with Crippen molar-refractivity contribution in [3.8, 4) is 0 Å². The van der Waals surface area contributed by atoms with Crippen molar-refractivity contribution in [2.24, 2.45) is 10.8 Å². The van der Waals surface area contributed by atoms with E-state index >= 15 is 0 Å². The number of hydrogen-bond donors (Lipinski definition) is 1. The Bertz CT molecular complexity index is 399. The normalized spacial score (nSPS) is 12.2. The molecule has 0 aromatic carbocycles. The molecular weight excluding hydrogens is 328 g/mol. The zero-order valence-corrected chi connectivity index (χ0v) is 17.9. The van der Waals surface area contributed by atoms with Crippen molar-refractivity contribution in [2.75, 3.05) is 6.61 Å². The molecule has 0 radical (unpaired) electrons. The number of aliphatic carboxylic acids is 1. The summed E-state index contributed by atoms with van der Waals surface area (Å²) in [5.74, 6) is 0.0244. The quantitative estimate of drug-likeness (QED) is 0.131. The first kappa shape index (κ1) is 25.0. The van der Waals surface area contributed by atoms with Crippen molar-refractivity contribution in [1.82, 2.24) is 0 Å². The first-order valence-electron chi connectivity index (χ1n) is 10.3. The van der Waals surface area contributed by atoms with E-state index in [4.69, 9.17) is 14.9 Å². The third-order valence-corrected chi connectivity index (χ3v) is 5.07. The molecule has 0 saturated carbocycles. The molecule has 0 aliphatic rings. The highest BCUT2D eigenvalue weighted by Crippen LogP contribution is 2.32. The van der Waals surface area contributed by atoms with Crippen LogP contribution < -0.4 is 0 Å². The van der Waals surface area contributed by atoms with Crippen LogP contribution in [0, 0.1) is 10.8 Å². The summed E-state index contributed by atoms with van der Waals surface area (Å²) in [5, 5.41) is 8.89. The molecule has 0 unspecified atom stereocenters. The van der Waals surface area contributed by atoms with Crippen LogP contribution in [0.25, 0.3) is 0 Å². The largest absolute Gasteiger partial charge is 0.481 e. The van der Waals surface area contributed by atoms with Gasteiger partial charge in [-0.05, 0) is 25.2 Å². The molecule has 26 heavy (non-hydrogen) atoms. The molecule has 4 heteroatoms. The number of carboxylic acid groups (broad SMARTS) is 1. The molecule has 0 rings (SSSR count). The number of carbonyl (C=O) groups is 1. The number of rotatable bonds is 17. The minimum Gasteiger partial charge on any atom is -0.481 e. The third kappa shape index (κ3) is 13.2. The summed E-state index contributed by atoms with van der Waals surface area (Å²) < 4.78 is 0. The molecule has 0 aromatic rings. The molecule has 0 bridgehead atoms. The summed E-state index contributed by atoms with van der Waals surface area (Å²) in [7, 11) is 0. The van der Waals surface area contributed by atoms with Gasteiger partial charge in [-0.2, -0.15) is 4.89 Å². The maximum Gasteiger partial charge on any atom is 0.303 e. The Labute approximate surface area is 161 Å². The Kier molecular flexibility index (Phi) is 12.7. The monoisotopic (exact) mass is 370 g/mol. The van der Waals surface area contributed by atoms with Gasteiger partial charge in [0, 0.05) is 5.41 Å². The Morgan fingerprint density at radius 3 is 1.81 bits per heavy atom. The first-order chi connectivity index (χ1) is 12.1. The van der Waals surface area contributed by atoms with Gasteiger partial charge in [-0.15, -0.1) is 0 Å². The van der Waals surface area contributed by atoms with Crippen LogP contribution in [-0.2, 0) is 14.6 Å². The number of allylic oxidation sites excluding steroid dienone is 1. The fourth-order valence-corrected chi connectivity index (χ4v) is 3.11. The van der Waals surface area contributed by atoms with E-state index in [0.717, 1.165) is 19.3 Å². The van der Waals surface area contributed by atoms with Gasteiger partial charge in [-0.1, -0.05) is 85.6 Å². The summed E-state index contributed by atoms with van der Waals surface area (Å²) in [4.78, 5) is 21.0. The zero-order valence-electron chi connectivity index (χ0n) is 17.9. The fraction of sp³-hybridized carbons (Fsp3) is 0.864. The molecule has 0 atom stereocenters. The predicted octanol–water partition coefficient (Wildman–Crippen LogP) is 6.90. The second-order valence-corrected chi connectivity index (χ2v) is 8.86. The maximum absolute atomic E-state index is 10.8. The molecule has 4 nitrogen and oxygen atoms in total. The Balaban J connectivity index is 3.59. The minimum absolute atomic E-state index is 0.0437. The SMILES string of the molecule is C=C(OOCC)C(C)(C)CCCCCCCCCCC(C)(C)CC(=O)O. The van der Waals surface area contributed by atoms with Gasteiger partial charge in [0.2, 0.25) is 0 Å². The van der Waals surface area contributed by atoms with Crippen LogP contribution in [0.1, 0.15) is 105 Å². The molecule has 0 aliphatic heterocycles. The summed E-state index contributed by atoms with van der Waals surface area (Å²) in [6, 6.07) is 0. The number of carboxylic acids is 1. The summed E-state index contributed by atoms with van der Waals surface area (Å²) in [5.41, 5.74) is -0.119. The Morgan fingerprint density at radius 2 is 1.35 bits per heavy atom. The van der Waals surface area contributed by atoms with Gasteiger partial charge in [0.15, 0.2) is 0 Å². The molecule has 0 aromatic heterocycles. The lowest BCUT2D eigenvalue weighted by atomic mass is 9.83. The first-order valence-corrected chi connectivity index (χ1v) is 10.3. The van der Waals surface area contributed by atoms with Crippen molar-refractivity contribution in [3.05, 3.63) is 12.3 Å². The topological polar surface area (TPSA) is 55.8 Å². The van der Waals surface area contributed by atoms with Crippen LogP contribution in [0.4, 0.5) is 0 Å². The second-order valence-electron chi connectivity index (χ2n) is 8.86. The predicted molar refractivity (Wildman–Crippen MR) is 108 cm³/mol. The highest BCUT2D eigenvalue weighted by molar-refractivity contribution is 5.67. The van der Waals surface area contributed by atoms with E-state index in [1.54, 1.807) is 0 Å². The third-order valence-electron chi connectivity index (χ3n) is 5.07. The molecule has 154 valence electrons. The van der Waals surface area contributed by atoms with Crippen LogP contribution in [0.3, 0.4) is 0 Å². The zero-order chi connectivity index (χ0) is 20.1. The lowest BCUT2D eigenvalue weighted by Crippen LogP contribution is -2.16. The highest BCUT2D eigenvalue weighted by Gasteiger charge is 2.24. The van der Waals surface area contributed by atoms with Gasteiger partial charge in [0.05, 0.1) is 13.0 Å². The molecule has 0 saturated heterocycles.